The third kappa shape index (κ3) is 3.93. The fourth-order valence-corrected chi connectivity index (χ4v) is 6.68. The molecule has 0 aromatic heterocycles. The van der Waals surface area contributed by atoms with Gasteiger partial charge >= 0.3 is 5.97 Å². The van der Waals surface area contributed by atoms with E-state index in [0.29, 0.717) is 6.42 Å². The summed E-state index contributed by atoms with van der Waals surface area (Å²) in [7, 11) is 3.95. The number of benzene rings is 1. The molecule has 0 spiro atoms. The molecule has 1 rings (SSSR count). The highest BCUT2D eigenvalue weighted by Gasteiger charge is 2.21. The zero-order valence-electron chi connectivity index (χ0n) is 10.5. The molecule has 1 aromatic rings. The minimum atomic E-state index is -0.787. The molecule has 0 unspecified atom stereocenters. The molecule has 1 N–H and O–H groups in total. The number of anilines is 1. The number of halogens is 3. The third-order valence-electron chi connectivity index (χ3n) is 2.56. The standard InChI is InChI=1S/C12H13I3N2O2/c1-16-11-8(13)6(4-5-7(18)19)9(14)12(10(11)15)17(2)3/h1,4-5H2,2-3H3,(H,18,19). The van der Waals surface area contributed by atoms with Crippen molar-refractivity contribution in [3.05, 3.63) is 16.3 Å². The highest BCUT2D eigenvalue weighted by molar-refractivity contribution is 14.1. The van der Waals surface area contributed by atoms with Crippen LogP contribution in [-0.4, -0.2) is 31.9 Å². The zero-order chi connectivity index (χ0) is 14.7. The fourth-order valence-electron chi connectivity index (χ4n) is 1.67. The summed E-state index contributed by atoms with van der Waals surface area (Å²) in [6, 6.07) is 0. The average Bonchev–Trinajstić information content (AvgIpc) is 2.28. The van der Waals surface area contributed by atoms with Crippen molar-refractivity contribution in [2.24, 2.45) is 4.99 Å². The SMILES string of the molecule is C=Nc1c(I)c(CCC(=O)O)c(I)c(N(C)C)c1I. The van der Waals surface area contributed by atoms with Crippen molar-refractivity contribution < 1.29 is 9.90 Å². The first-order valence-electron chi connectivity index (χ1n) is 5.36. The molecule has 0 fully saturated rings. The Morgan fingerprint density at radius 3 is 2.26 bits per heavy atom. The van der Waals surface area contributed by atoms with Gasteiger partial charge in [0.1, 0.15) is 0 Å². The molecular weight excluding hydrogens is 585 g/mol. The smallest absolute Gasteiger partial charge is 0.303 e. The maximum atomic E-state index is 10.8. The molecule has 0 atom stereocenters. The van der Waals surface area contributed by atoms with E-state index in [1.54, 1.807) is 0 Å². The fraction of sp³-hybridized carbons (Fsp3) is 0.333. The van der Waals surface area contributed by atoms with Gasteiger partial charge in [-0.3, -0.25) is 9.79 Å². The first kappa shape index (κ1) is 17.4. The lowest BCUT2D eigenvalue weighted by Gasteiger charge is -2.22. The van der Waals surface area contributed by atoms with Crippen LogP contribution < -0.4 is 4.90 Å². The Balaban J connectivity index is 3.49. The van der Waals surface area contributed by atoms with Gasteiger partial charge in [0.15, 0.2) is 0 Å². The molecule has 104 valence electrons. The summed E-state index contributed by atoms with van der Waals surface area (Å²) in [6.45, 7) is 3.62. The van der Waals surface area contributed by atoms with E-state index in [9.17, 15) is 4.79 Å². The lowest BCUT2D eigenvalue weighted by Crippen LogP contribution is -2.15. The number of aliphatic carboxylic acids is 1. The molecule has 0 saturated carbocycles. The molecule has 7 heteroatoms. The molecular formula is C12H13I3N2O2. The molecule has 4 nitrogen and oxygen atoms in total. The molecule has 0 aliphatic heterocycles. The molecule has 0 aliphatic carbocycles. The van der Waals surface area contributed by atoms with E-state index in [4.69, 9.17) is 5.11 Å². The molecule has 0 amide bonds. The van der Waals surface area contributed by atoms with Crippen LogP contribution in [0.5, 0.6) is 0 Å². The van der Waals surface area contributed by atoms with Crippen molar-refractivity contribution in [2.45, 2.75) is 12.8 Å². The lowest BCUT2D eigenvalue weighted by molar-refractivity contribution is -0.136. The first-order valence-corrected chi connectivity index (χ1v) is 8.60. The Bertz CT molecular complexity index is 530. The van der Waals surface area contributed by atoms with Gasteiger partial charge in [-0.15, -0.1) is 0 Å². The third-order valence-corrected chi connectivity index (χ3v) is 5.90. The van der Waals surface area contributed by atoms with E-state index < -0.39 is 5.97 Å². The predicted octanol–water partition coefficient (Wildman–Crippen LogP) is 3.92. The molecule has 0 bridgehead atoms. The van der Waals surface area contributed by atoms with Crippen molar-refractivity contribution in [1.82, 2.24) is 0 Å². The number of hydrogen-bond donors (Lipinski definition) is 1. The molecule has 0 saturated heterocycles. The highest BCUT2D eigenvalue weighted by atomic mass is 127. The number of aliphatic imine (C=N–C) groups is 1. The van der Waals surface area contributed by atoms with E-state index in [1.807, 2.05) is 19.0 Å². The monoisotopic (exact) mass is 598 g/mol. The number of carboxylic acid groups (broad SMARTS) is 1. The number of hydrogen-bond acceptors (Lipinski definition) is 3. The summed E-state index contributed by atoms with van der Waals surface area (Å²) in [5.74, 6) is -0.787. The minimum Gasteiger partial charge on any atom is -0.481 e. The summed E-state index contributed by atoms with van der Waals surface area (Å²) >= 11 is 6.77. The second-order valence-electron chi connectivity index (χ2n) is 4.06. The van der Waals surface area contributed by atoms with E-state index >= 15 is 0 Å². The van der Waals surface area contributed by atoms with Crippen LogP contribution in [0.4, 0.5) is 11.4 Å². The predicted molar refractivity (Wildman–Crippen MR) is 104 cm³/mol. The van der Waals surface area contributed by atoms with Crippen molar-refractivity contribution in [3.8, 4) is 0 Å². The summed E-state index contributed by atoms with van der Waals surface area (Å²) in [5, 5.41) is 8.86. The van der Waals surface area contributed by atoms with E-state index in [-0.39, 0.29) is 6.42 Å². The zero-order valence-corrected chi connectivity index (χ0v) is 17.0. The largest absolute Gasteiger partial charge is 0.481 e. The van der Waals surface area contributed by atoms with Crippen LogP contribution in [0.15, 0.2) is 4.99 Å². The number of carbonyl (C=O) groups is 1. The molecule has 19 heavy (non-hydrogen) atoms. The van der Waals surface area contributed by atoms with Gasteiger partial charge < -0.3 is 10.0 Å². The Morgan fingerprint density at radius 2 is 1.84 bits per heavy atom. The summed E-state index contributed by atoms with van der Waals surface area (Å²) < 4.78 is 3.13. The Hall–Kier alpha value is 0.350. The number of nitrogens with zero attached hydrogens (tertiary/aromatic N) is 2. The van der Waals surface area contributed by atoms with Crippen LogP contribution in [0.1, 0.15) is 12.0 Å². The van der Waals surface area contributed by atoms with Crippen molar-refractivity contribution in [2.75, 3.05) is 19.0 Å². The van der Waals surface area contributed by atoms with Gasteiger partial charge in [0.2, 0.25) is 0 Å². The van der Waals surface area contributed by atoms with Crippen molar-refractivity contribution in [3.63, 3.8) is 0 Å². The maximum absolute atomic E-state index is 10.8. The topological polar surface area (TPSA) is 52.9 Å². The lowest BCUT2D eigenvalue weighted by atomic mass is 10.1. The quantitative estimate of drug-likeness (QED) is 0.414. The molecule has 0 aliphatic rings. The Morgan fingerprint density at radius 1 is 1.26 bits per heavy atom. The molecule has 0 heterocycles. The minimum absolute atomic E-state index is 0.121. The van der Waals surface area contributed by atoms with E-state index in [1.165, 1.54) is 0 Å². The Labute approximate surface area is 153 Å². The Kier molecular flexibility index (Phi) is 6.76. The van der Waals surface area contributed by atoms with Crippen LogP contribution in [0.3, 0.4) is 0 Å². The van der Waals surface area contributed by atoms with Gasteiger partial charge in [0, 0.05) is 27.7 Å². The van der Waals surface area contributed by atoms with Crippen LogP contribution in [0.2, 0.25) is 0 Å². The van der Waals surface area contributed by atoms with Gasteiger partial charge in [-0.25, -0.2) is 0 Å². The normalized spacial score (nSPS) is 10.4. The van der Waals surface area contributed by atoms with Crippen LogP contribution >= 0.6 is 67.8 Å². The second kappa shape index (κ2) is 7.38. The number of carboxylic acids is 1. The van der Waals surface area contributed by atoms with Crippen LogP contribution in [-0.2, 0) is 11.2 Å². The molecule has 1 aromatic carbocycles. The van der Waals surface area contributed by atoms with Gasteiger partial charge in [-0.2, -0.15) is 0 Å². The summed E-state index contributed by atoms with van der Waals surface area (Å²) in [6.07, 6.45) is 0.627. The van der Waals surface area contributed by atoms with Crippen LogP contribution in [0, 0.1) is 10.7 Å². The van der Waals surface area contributed by atoms with E-state index in [2.05, 4.69) is 79.5 Å². The van der Waals surface area contributed by atoms with Gasteiger partial charge in [-0.05, 0) is 86.5 Å². The van der Waals surface area contributed by atoms with Gasteiger partial charge in [-0.1, -0.05) is 0 Å². The highest BCUT2D eigenvalue weighted by Crippen LogP contribution is 2.41. The summed E-state index contributed by atoms with van der Waals surface area (Å²) in [5.41, 5.74) is 2.95. The average molecular weight is 598 g/mol. The maximum Gasteiger partial charge on any atom is 0.303 e. The second-order valence-corrected chi connectivity index (χ2v) is 7.30. The first-order chi connectivity index (χ1) is 8.81. The van der Waals surface area contributed by atoms with Crippen molar-refractivity contribution >= 4 is 91.8 Å². The molecule has 0 radical (unpaired) electrons. The van der Waals surface area contributed by atoms with Gasteiger partial charge in [0.05, 0.1) is 14.9 Å². The van der Waals surface area contributed by atoms with E-state index in [0.717, 1.165) is 27.6 Å². The van der Waals surface area contributed by atoms with Gasteiger partial charge in [0.25, 0.3) is 0 Å². The number of rotatable bonds is 5. The summed E-state index contributed by atoms with van der Waals surface area (Å²) in [4.78, 5) is 16.9. The van der Waals surface area contributed by atoms with Crippen LogP contribution in [0.25, 0.3) is 0 Å². The van der Waals surface area contributed by atoms with Crippen molar-refractivity contribution in [1.29, 1.82) is 0 Å².